The third-order valence-electron chi connectivity index (χ3n) is 3.84. The molecule has 0 aliphatic heterocycles. The summed E-state index contributed by atoms with van der Waals surface area (Å²) in [6.07, 6.45) is 5.27. The SMILES string of the molecule is CNCc1ccc(CNC(=O)COC2C#CCCCCC2)cc1. The molecule has 0 saturated carbocycles. The van der Waals surface area contributed by atoms with Crippen molar-refractivity contribution in [1.82, 2.24) is 10.6 Å². The second-order valence-corrected chi connectivity index (χ2v) is 5.84. The minimum Gasteiger partial charge on any atom is -0.356 e. The number of rotatable bonds is 7. The van der Waals surface area contributed by atoms with E-state index in [-0.39, 0.29) is 18.6 Å². The Kier molecular flexibility index (Phi) is 7.65. The molecule has 0 bridgehead atoms. The van der Waals surface area contributed by atoms with Gasteiger partial charge >= 0.3 is 0 Å². The first-order chi connectivity index (χ1) is 11.3. The Labute approximate surface area is 139 Å². The Hall–Kier alpha value is -1.83. The van der Waals surface area contributed by atoms with Gasteiger partial charge in [-0.2, -0.15) is 0 Å². The zero-order valence-electron chi connectivity index (χ0n) is 13.9. The first kappa shape index (κ1) is 17.5. The molecule has 1 aromatic carbocycles. The molecular weight excluding hydrogens is 288 g/mol. The predicted octanol–water partition coefficient (Wildman–Crippen LogP) is 2.37. The molecule has 0 saturated heterocycles. The van der Waals surface area contributed by atoms with E-state index >= 15 is 0 Å². The van der Waals surface area contributed by atoms with Crippen LogP contribution >= 0.6 is 0 Å². The lowest BCUT2D eigenvalue weighted by molar-refractivity contribution is -0.127. The highest BCUT2D eigenvalue weighted by atomic mass is 16.5. The van der Waals surface area contributed by atoms with Crippen molar-refractivity contribution in [3.8, 4) is 11.8 Å². The van der Waals surface area contributed by atoms with Gasteiger partial charge in [-0.05, 0) is 37.4 Å². The van der Waals surface area contributed by atoms with Gasteiger partial charge in [0.05, 0.1) is 0 Å². The first-order valence-electron chi connectivity index (χ1n) is 8.37. The summed E-state index contributed by atoms with van der Waals surface area (Å²) in [5.41, 5.74) is 2.32. The van der Waals surface area contributed by atoms with Crippen LogP contribution in [-0.2, 0) is 22.6 Å². The molecule has 1 aromatic rings. The summed E-state index contributed by atoms with van der Waals surface area (Å²) >= 11 is 0. The predicted molar refractivity (Wildman–Crippen MR) is 91.7 cm³/mol. The number of carbonyl (C=O) groups is 1. The van der Waals surface area contributed by atoms with Crippen molar-refractivity contribution in [2.24, 2.45) is 0 Å². The van der Waals surface area contributed by atoms with E-state index < -0.39 is 0 Å². The molecule has 1 aliphatic carbocycles. The lowest BCUT2D eigenvalue weighted by Gasteiger charge is -2.13. The van der Waals surface area contributed by atoms with Crippen molar-refractivity contribution < 1.29 is 9.53 Å². The number of hydrogen-bond donors (Lipinski definition) is 2. The van der Waals surface area contributed by atoms with Crippen molar-refractivity contribution in [3.05, 3.63) is 35.4 Å². The van der Waals surface area contributed by atoms with Crippen molar-refractivity contribution in [3.63, 3.8) is 0 Å². The average molecular weight is 314 g/mol. The Balaban J connectivity index is 1.69. The molecule has 1 atom stereocenters. The standard InChI is InChI=1S/C19H26N2O2/c1-20-13-16-9-11-17(12-10-16)14-21-19(22)15-23-18-7-5-3-2-4-6-8-18/h9-12,18,20H,2-5,7,13-15H2,1H3,(H,21,22). The van der Waals surface area contributed by atoms with Crippen LogP contribution in [0.3, 0.4) is 0 Å². The smallest absolute Gasteiger partial charge is 0.246 e. The maximum absolute atomic E-state index is 11.9. The van der Waals surface area contributed by atoms with Gasteiger partial charge < -0.3 is 15.4 Å². The van der Waals surface area contributed by atoms with E-state index in [1.807, 2.05) is 19.2 Å². The first-order valence-corrected chi connectivity index (χ1v) is 8.37. The number of benzene rings is 1. The van der Waals surface area contributed by atoms with Crippen molar-refractivity contribution in [2.45, 2.75) is 51.3 Å². The van der Waals surface area contributed by atoms with E-state index in [4.69, 9.17) is 4.74 Å². The Morgan fingerprint density at radius 2 is 1.91 bits per heavy atom. The van der Waals surface area contributed by atoms with Crippen LogP contribution in [0.5, 0.6) is 0 Å². The molecule has 2 rings (SSSR count). The highest BCUT2D eigenvalue weighted by molar-refractivity contribution is 5.77. The van der Waals surface area contributed by atoms with Crippen molar-refractivity contribution in [2.75, 3.05) is 13.7 Å². The van der Waals surface area contributed by atoms with E-state index in [1.54, 1.807) is 0 Å². The van der Waals surface area contributed by atoms with Gasteiger partial charge in [0.2, 0.25) is 5.91 Å². The maximum Gasteiger partial charge on any atom is 0.246 e. The second-order valence-electron chi connectivity index (χ2n) is 5.84. The zero-order chi connectivity index (χ0) is 16.3. The van der Waals surface area contributed by atoms with Gasteiger partial charge in [-0.15, -0.1) is 5.92 Å². The summed E-state index contributed by atoms with van der Waals surface area (Å²) in [4.78, 5) is 11.9. The minimum absolute atomic E-state index is 0.0805. The number of hydrogen-bond acceptors (Lipinski definition) is 3. The van der Waals surface area contributed by atoms with Crippen LogP contribution in [0.4, 0.5) is 0 Å². The number of nitrogens with one attached hydrogen (secondary N) is 2. The molecule has 0 radical (unpaired) electrons. The monoisotopic (exact) mass is 314 g/mol. The zero-order valence-corrected chi connectivity index (χ0v) is 13.9. The summed E-state index contributed by atoms with van der Waals surface area (Å²) in [5.74, 6) is 6.14. The molecule has 1 amide bonds. The molecular formula is C19H26N2O2. The molecule has 0 aromatic heterocycles. The van der Waals surface area contributed by atoms with Crippen LogP contribution in [0.1, 0.15) is 43.2 Å². The van der Waals surface area contributed by atoms with Gasteiger partial charge in [-0.3, -0.25) is 4.79 Å². The van der Waals surface area contributed by atoms with Crippen molar-refractivity contribution >= 4 is 5.91 Å². The van der Waals surface area contributed by atoms with Gasteiger partial charge in [-0.25, -0.2) is 0 Å². The number of ether oxygens (including phenoxy) is 1. The van der Waals surface area contributed by atoms with Crippen LogP contribution in [0, 0.1) is 11.8 Å². The topological polar surface area (TPSA) is 50.4 Å². The highest BCUT2D eigenvalue weighted by Gasteiger charge is 2.10. The molecule has 4 heteroatoms. The van der Waals surface area contributed by atoms with E-state index in [9.17, 15) is 4.79 Å². The Bertz CT molecular complexity index is 543. The molecule has 23 heavy (non-hydrogen) atoms. The van der Waals surface area contributed by atoms with Crippen LogP contribution < -0.4 is 10.6 Å². The highest BCUT2D eigenvalue weighted by Crippen LogP contribution is 2.10. The maximum atomic E-state index is 11.9. The van der Waals surface area contributed by atoms with Crippen LogP contribution in [0.25, 0.3) is 0 Å². The molecule has 4 nitrogen and oxygen atoms in total. The Morgan fingerprint density at radius 1 is 1.17 bits per heavy atom. The molecule has 0 heterocycles. The molecule has 124 valence electrons. The quantitative estimate of drug-likeness (QED) is 0.760. The molecule has 0 fully saturated rings. The lowest BCUT2D eigenvalue weighted by Crippen LogP contribution is -2.29. The van der Waals surface area contributed by atoms with E-state index in [0.29, 0.717) is 6.54 Å². The fourth-order valence-electron chi connectivity index (χ4n) is 2.51. The fourth-order valence-corrected chi connectivity index (χ4v) is 2.51. The molecule has 0 spiro atoms. The summed E-state index contributed by atoms with van der Waals surface area (Å²) < 4.78 is 5.63. The van der Waals surface area contributed by atoms with Gasteiger partial charge in [0.15, 0.2) is 0 Å². The van der Waals surface area contributed by atoms with Crippen LogP contribution in [-0.4, -0.2) is 25.7 Å². The van der Waals surface area contributed by atoms with E-state index in [0.717, 1.165) is 31.4 Å². The second kappa shape index (κ2) is 10.0. The van der Waals surface area contributed by atoms with E-state index in [2.05, 4.69) is 34.6 Å². The fraction of sp³-hybridized carbons (Fsp3) is 0.526. The summed E-state index contributed by atoms with van der Waals surface area (Å²) in [6.45, 7) is 1.46. The summed E-state index contributed by atoms with van der Waals surface area (Å²) in [7, 11) is 1.93. The largest absolute Gasteiger partial charge is 0.356 e. The minimum atomic E-state index is -0.0955. The van der Waals surface area contributed by atoms with Gasteiger partial charge in [0.1, 0.15) is 12.7 Å². The number of amides is 1. The normalized spacial score (nSPS) is 17.5. The molecule has 1 aliphatic rings. The number of carbonyl (C=O) groups excluding carboxylic acids is 1. The van der Waals surface area contributed by atoms with Gasteiger partial charge in [0.25, 0.3) is 0 Å². The summed E-state index contributed by atoms with van der Waals surface area (Å²) in [5, 5.41) is 6.00. The molecule has 2 N–H and O–H groups in total. The van der Waals surface area contributed by atoms with Gasteiger partial charge in [-0.1, -0.05) is 36.6 Å². The summed E-state index contributed by atoms with van der Waals surface area (Å²) in [6, 6.07) is 8.21. The third-order valence-corrected chi connectivity index (χ3v) is 3.84. The van der Waals surface area contributed by atoms with Crippen molar-refractivity contribution in [1.29, 1.82) is 0 Å². The molecule has 1 unspecified atom stereocenters. The Morgan fingerprint density at radius 3 is 2.65 bits per heavy atom. The van der Waals surface area contributed by atoms with Gasteiger partial charge in [0, 0.05) is 19.5 Å². The average Bonchev–Trinajstić information content (AvgIpc) is 2.53. The van der Waals surface area contributed by atoms with Crippen LogP contribution in [0.2, 0.25) is 0 Å². The van der Waals surface area contributed by atoms with E-state index in [1.165, 1.54) is 18.4 Å². The lowest BCUT2D eigenvalue weighted by atomic mass is 10.1. The third kappa shape index (κ3) is 6.85. The van der Waals surface area contributed by atoms with Crippen LogP contribution in [0.15, 0.2) is 24.3 Å².